The van der Waals surface area contributed by atoms with E-state index in [1.807, 2.05) is 12.1 Å². The number of para-hydroxylation sites is 3. The molecule has 0 saturated heterocycles. The lowest BCUT2D eigenvalue weighted by Gasteiger charge is -2.30. The lowest BCUT2D eigenvalue weighted by Crippen LogP contribution is -2.47. The van der Waals surface area contributed by atoms with Gasteiger partial charge in [-0.2, -0.15) is 0 Å². The van der Waals surface area contributed by atoms with Crippen LogP contribution in [0, 0.1) is 0 Å². The number of rotatable bonds is 3. The van der Waals surface area contributed by atoms with Gasteiger partial charge in [-0.05, 0) is 31.2 Å². The van der Waals surface area contributed by atoms with Gasteiger partial charge < -0.3 is 14.5 Å². The number of benzene rings is 2. The summed E-state index contributed by atoms with van der Waals surface area (Å²) in [7, 11) is 0. The highest BCUT2D eigenvalue weighted by Crippen LogP contribution is 2.29. The van der Waals surface area contributed by atoms with Crippen molar-refractivity contribution in [3.05, 3.63) is 60.4 Å². The van der Waals surface area contributed by atoms with Gasteiger partial charge in [0.25, 0.3) is 5.91 Å². The molecule has 0 fully saturated rings. The molecule has 136 valence electrons. The molecule has 1 N–H and O–H groups in total. The van der Waals surface area contributed by atoms with Gasteiger partial charge in [-0.1, -0.05) is 30.3 Å². The Kier molecular flexibility index (Phi) is 4.12. The molecule has 0 spiro atoms. The number of nitrogens with zero attached hydrogens (tertiary/aromatic N) is 1. The zero-order valence-corrected chi connectivity index (χ0v) is 14.5. The molecule has 1 aromatic heterocycles. The second-order valence-electron chi connectivity index (χ2n) is 6.19. The molecule has 3 aromatic rings. The average molecular weight is 364 g/mol. The van der Waals surface area contributed by atoms with E-state index in [0.717, 1.165) is 5.39 Å². The molecule has 2 aromatic carbocycles. The second-order valence-corrected chi connectivity index (χ2v) is 6.19. The summed E-state index contributed by atoms with van der Waals surface area (Å²) in [5.74, 6) is -1.51. The summed E-state index contributed by atoms with van der Waals surface area (Å²) in [6, 6.07) is 15.7. The number of carbonyl (C=O) groups is 3. The van der Waals surface area contributed by atoms with Crippen molar-refractivity contribution in [3.8, 4) is 0 Å². The molecule has 7 heteroatoms. The molecular weight excluding hydrogens is 348 g/mol. The Morgan fingerprint density at radius 3 is 2.70 bits per heavy atom. The van der Waals surface area contributed by atoms with E-state index in [2.05, 4.69) is 5.32 Å². The van der Waals surface area contributed by atoms with Crippen molar-refractivity contribution in [1.29, 1.82) is 0 Å². The van der Waals surface area contributed by atoms with Crippen LogP contribution in [0.3, 0.4) is 0 Å². The van der Waals surface area contributed by atoms with Crippen molar-refractivity contribution in [2.45, 2.75) is 13.0 Å². The van der Waals surface area contributed by atoms with E-state index in [1.165, 1.54) is 11.8 Å². The Labute approximate surface area is 154 Å². The van der Waals surface area contributed by atoms with E-state index in [1.54, 1.807) is 42.5 Å². The normalized spacial score (nSPS) is 14.4. The maximum Gasteiger partial charge on any atom is 0.375 e. The lowest BCUT2D eigenvalue weighted by molar-refractivity contribution is -0.128. The monoisotopic (exact) mass is 364 g/mol. The summed E-state index contributed by atoms with van der Waals surface area (Å²) < 4.78 is 10.7. The van der Waals surface area contributed by atoms with Crippen LogP contribution >= 0.6 is 0 Å². The molecule has 2 amide bonds. The average Bonchev–Trinajstić information content (AvgIpc) is 3.11. The van der Waals surface area contributed by atoms with Crippen LogP contribution in [-0.4, -0.2) is 30.4 Å². The Morgan fingerprint density at radius 1 is 1.15 bits per heavy atom. The summed E-state index contributed by atoms with van der Waals surface area (Å²) in [6.45, 7) is 1.33. The molecule has 1 aliphatic heterocycles. The standard InChI is InChI=1S/C20H16N2O5/c1-12(26-20(25)17-10-13-6-2-5-9-16(13)27-17)19(24)22-11-18(23)21-14-7-3-4-8-15(14)22/h2-10,12H,11H2,1H3,(H,21,23)/t12-/m1/s1. The summed E-state index contributed by atoms with van der Waals surface area (Å²) in [4.78, 5) is 38.3. The number of amides is 2. The quantitative estimate of drug-likeness (QED) is 0.722. The summed E-state index contributed by atoms with van der Waals surface area (Å²) >= 11 is 0. The van der Waals surface area contributed by atoms with Crippen molar-refractivity contribution in [2.24, 2.45) is 0 Å². The third-order valence-corrected chi connectivity index (χ3v) is 4.29. The van der Waals surface area contributed by atoms with Gasteiger partial charge in [0, 0.05) is 5.39 Å². The Hall–Kier alpha value is -3.61. The molecule has 0 radical (unpaired) electrons. The molecule has 0 saturated carbocycles. The van der Waals surface area contributed by atoms with E-state index in [-0.39, 0.29) is 18.2 Å². The minimum Gasteiger partial charge on any atom is -0.449 e. The van der Waals surface area contributed by atoms with Crippen molar-refractivity contribution in [1.82, 2.24) is 0 Å². The summed E-state index contributed by atoms with van der Waals surface area (Å²) in [5.41, 5.74) is 1.66. The molecule has 0 bridgehead atoms. The fourth-order valence-corrected chi connectivity index (χ4v) is 3.00. The van der Waals surface area contributed by atoms with Gasteiger partial charge in [0.15, 0.2) is 6.10 Å². The van der Waals surface area contributed by atoms with Gasteiger partial charge in [-0.15, -0.1) is 0 Å². The number of fused-ring (bicyclic) bond motifs is 2. The third-order valence-electron chi connectivity index (χ3n) is 4.29. The van der Waals surface area contributed by atoms with Crippen LogP contribution in [0.2, 0.25) is 0 Å². The lowest BCUT2D eigenvalue weighted by atomic mass is 10.1. The molecular formula is C20H16N2O5. The van der Waals surface area contributed by atoms with Gasteiger partial charge in [0.1, 0.15) is 12.1 Å². The highest BCUT2D eigenvalue weighted by atomic mass is 16.6. The molecule has 2 heterocycles. The Bertz CT molecular complexity index is 1020. The summed E-state index contributed by atoms with van der Waals surface area (Å²) in [6.07, 6.45) is -1.08. The van der Waals surface area contributed by atoms with E-state index in [9.17, 15) is 14.4 Å². The number of hydrogen-bond donors (Lipinski definition) is 1. The second kappa shape index (κ2) is 6.60. The zero-order chi connectivity index (χ0) is 19.0. The first-order valence-corrected chi connectivity index (χ1v) is 8.43. The topological polar surface area (TPSA) is 88.8 Å². The van der Waals surface area contributed by atoms with Crippen LogP contribution in [0.15, 0.2) is 59.0 Å². The highest BCUT2D eigenvalue weighted by Gasteiger charge is 2.32. The summed E-state index contributed by atoms with van der Waals surface area (Å²) in [5, 5.41) is 3.48. The Balaban J connectivity index is 1.52. The third kappa shape index (κ3) is 3.15. The number of anilines is 2. The molecule has 7 nitrogen and oxygen atoms in total. The zero-order valence-electron chi connectivity index (χ0n) is 14.5. The van der Waals surface area contributed by atoms with Gasteiger partial charge in [-0.25, -0.2) is 4.79 Å². The van der Waals surface area contributed by atoms with Crippen LogP contribution in [0.5, 0.6) is 0 Å². The van der Waals surface area contributed by atoms with Crippen LogP contribution < -0.4 is 10.2 Å². The van der Waals surface area contributed by atoms with E-state index in [4.69, 9.17) is 9.15 Å². The van der Waals surface area contributed by atoms with Crippen LogP contribution in [0.25, 0.3) is 11.0 Å². The molecule has 1 atom stereocenters. The van der Waals surface area contributed by atoms with Crippen molar-refractivity contribution >= 4 is 40.1 Å². The highest BCUT2D eigenvalue weighted by molar-refractivity contribution is 6.11. The number of nitrogens with one attached hydrogen (secondary N) is 1. The van der Waals surface area contributed by atoms with Gasteiger partial charge in [0.05, 0.1) is 11.4 Å². The van der Waals surface area contributed by atoms with Crippen LogP contribution in [0.1, 0.15) is 17.5 Å². The minimum absolute atomic E-state index is 0.0210. The smallest absolute Gasteiger partial charge is 0.375 e. The first-order valence-electron chi connectivity index (χ1n) is 8.43. The maximum atomic E-state index is 12.8. The van der Waals surface area contributed by atoms with Crippen LogP contribution in [-0.2, 0) is 14.3 Å². The molecule has 1 aliphatic rings. The minimum atomic E-state index is -1.08. The molecule has 0 unspecified atom stereocenters. The van der Waals surface area contributed by atoms with Crippen molar-refractivity contribution in [2.75, 3.05) is 16.8 Å². The van der Waals surface area contributed by atoms with Gasteiger partial charge in [-0.3, -0.25) is 14.5 Å². The SMILES string of the molecule is C[C@@H](OC(=O)c1cc2ccccc2o1)C(=O)N1CC(=O)Nc2ccccc21. The van der Waals surface area contributed by atoms with E-state index in [0.29, 0.717) is 17.0 Å². The van der Waals surface area contributed by atoms with Crippen molar-refractivity contribution in [3.63, 3.8) is 0 Å². The number of carbonyl (C=O) groups excluding carboxylic acids is 3. The number of hydrogen-bond acceptors (Lipinski definition) is 5. The molecule has 27 heavy (non-hydrogen) atoms. The fourth-order valence-electron chi connectivity index (χ4n) is 3.00. The number of ether oxygens (including phenoxy) is 1. The van der Waals surface area contributed by atoms with Crippen LogP contribution in [0.4, 0.5) is 11.4 Å². The fraction of sp³-hybridized carbons (Fsp3) is 0.150. The Morgan fingerprint density at radius 2 is 1.89 bits per heavy atom. The van der Waals surface area contributed by atoms with Crippen molar-refractivity contribution < 1.29 is 23.5 Å². The van der Waals surface area contributed by atoms with E-state index >= 15 is 0 Å². The first-order chi connectivity index (χ1) is 13.0. The largest absolute Gasteiger partial charge is 0.449 e. The number of esters is 1. The molecule has 0 aliphatic carbocycles. The predicted octanol–water partition coefficient (Wildman–Crippen LogP) is 2.96. The first kappa shape index (κ1) is 16.8. The number of furan rings is 1. The van der Waals surface area contributed by atoms with E-state index < -0.39 is 18.0 Å². The predicted molar refractivity (Wildman–Crippen MR) is 98.5 cm³/mol. The molecule has 4 rings (SSSR count). The van der Waals surface area contributed by atoms with Gasteiger partial charge >= 0.3 is 5.97 Å². The van der Waals surface area contributed by atoms with Gasteiger partial charge in [0.2, 0.25) is 11.7 Å². The maximum absolute atomic E-state index is 12.8.